The third-order valence-electron chi connectivity index (χ3n) is 3.06. The van der Waals surface area contributed by atoms with Crippen molar-refractivity contribution in [2.24, 2.45) is 0 Å². The summed E-state index contributed by atoms with van der Waals surface area (Å²) >= 11 is 0. The highest BCUT2D eigenvalue weighted by atomic mass is 16.5. The Kier molecular flexibility index (Phi) is 4.94. The molecule has 0 radical (unpaired) electrons. The zero-order chi connectivity index (χ0) is 15.1. The van der Waals surface area contributed by atoms with Crippen LogP contribution in [0, 0.1) is 11.3 Å². The highest BCUT2D eigenvalue weighted by molar-refractivity contribution is 5.72. The summed E-state index contributed by atoms with van der Waals surface area (Å²) in [5, 5.41) is 11.9. The van der Waals surface area contributed by atoms with Crippen molar-refractivity contribution in [2.75, 3.05) is 12.4 Å². The second-order valence-corrected chi connectivity index (χ2v) is 4.61. The largest absolute Gasteiger partial charge is 0.469 e. The number of carbonyl (C=O) groups excluding carboxylic acids is 1. The quantitative estimate of drug-likeness (QED) is 0.854. The second-order valence-electron chi connectivity index (χ2n) is 4.61. The molecule has 2 aromatic carbocycles. The van der Waals surface area contributed by atoms with Gasteiger partial charge in [0.25, 0.3) is 0 Å². The second kappa shape index (κ2) is 7.11. The molecular formula is C17H16N2O2. The molecule has 21 heavy (non-hydrogen) atoms. The molecule has 0 atom stereocenters. The highest BCUT2D eigenvalue weighted by Gasteiger charge is 2.02. The van der Waals surface area contributed by atoms with E-state index in [2.05, 4.69) is 16.1 Å². The van der Waals surface area contributed by atoms with Gasteiger partial charge in [-0.2, -0.15) is 5.26 Å². The summed E-state index contributed by atoms with van der Waals surface area (Å²) in [5.41, 5.74) is 3.81. The van der Waals surface area contributed by atoms with Crippen LogP contribution in [0.4, 0.5) is 11.4 Å². The topological polar surface area (TPSA) is 62.1 Å². The van der Waals surface area contributed by atoms with Crippen molar-refractivity contribution in [3.05, 3.63) is 59.7 Å². The van der Waals surface area contributed by atoms with Gasteiger partial charge in [0, 0.05) is 11.4 Å². The van der Waals surface area contributed by atoms with Gasteiger partial charge in [-0.3, -0.25) is 4.79 Å². The molecule has 0 unspecified atom stereocenters. The number of nitriles is 1. The third-order valence-corrected chi connectivity index (χ3v) is 3.06. The van der Waals surface area contributed by atoms with Crippen molar-refractivity contribution in [1.29, 1.82) is 5.26 Å². The summed E-state index contributed by atoms with van der Waals surface area (Å²) in [4.78, 5) is 11.2. The van der Waals surface area contributed by atoms with E-state index in [0.717, 1.165) is 22.5 Å². The summed E-state index contributed by atoms with van der Waals surface area (Å²) in [6.45, 7) is 0. The lowest BCUT2D eigenvalue weighted by Gasteiger charge is -2.08. The summed E-state index contributed by atoms with van der Waals surface area (Å²) in [6, 6.07) is 17.5. The van der Waals surface area contributed by atoms with Crippen molar-refractivity contribution in [2.45, 2.75) is 12.8 Å². The van der Waals surface area contributed by atoms with E-state index < -0.39 is 0 Å². The van der Waals surface area contributed by atoms with Crippen LogP contribution in [-0.4, -0.2) is 13.1 Å². The molecule has 4 nitrogen and oxygen atoms in total. The minimum atomic E-state index is -0.246. The fourth-order valence-corrected chi connectivity index (χ4v) is 1.91. The zero-order valence-electron chi connectivity index (χ0n) is 11.8. The molecule has 0 amide bonds. The molecule has 0 aromatic heterocycles. The van der Waals surface area contributed by atoms with E-state index in [-0.39, 0.29) is 12.4 Å². The van der Waals surface area contributed by atoms with Crippen LogP contribution in [0.3, 0.4) is 0 Å². The summed E-state index contributed by atoms with van der Waals surface area (Å²) in [6.07, 6.45) is 0.697. The van der Waals surface area contributed by atoms with Crippen LogP contribution in [0.5, 0.6) is 0 Å². The van der Waals surface area contributed by atoms with Gasteiger partial charge in [-0.15, -0.1) is 0 Å². The number of hydrogen-bond acceptors (Lipinski definition) is 4. The Bertz CT molecular complexity index is 640. The number of ether oxygens (including phenoxy) is 1. The number of hydrogen-bond donors (Lipinski definition) is 1. The number of esters is 1. The van der Waals surface area contributed by atoms with E-state index in [1.165, 1.54) is 7.11 Å². The van der Waals surface area contributed by atoms with Gasteiger partial charge in [0.2, 0.25) is 0 Å². The molecule has 2 aromatic rings. The van der Waals surface area contributed by atoms with Crippen molar-refractivity contribution < 1.29 is 9.53 Å². The van der Waals surface area contributed by atoms with Gasteiger partial charge in [0.15, 0.2) is 0 Å². The van der Waals surface area contributed by atoms with Gasteiger partial charge < -0.3 is 10.1 Å². The van der Waals surface area contributed by atoms with E-state index in [9.17, 15) is 4.79 Å². The molecule has 0 fully saturated rings. The molecule has 0 saturated heterocycles. The van der Waals surface area contributed by atoms with Gasteiger partial charge >= 0.3 is 5.97 Å². The summed E-state index contributed by atoms with van der Waals surface area (Å²) in [7, 11) is 1.38. The zero-order valence-corrected chi connectivity index (χ0v) is 11.8. The van der Waals surface area contributed by atoms with Crippen molar-refractivity contribution in [3.8, 4) is 6.07 Å². The molecule has 4 heteroatoms. The SMILES string of the molecule is COC(=O)Cc1ccc(Nc2ccc(CC#N)cc2)cc1. The molecule has 0 spiro atoms. The lowest BCUT2D eigenvalue weighted by molar-refractivity contribution is -0.139. The van der Waals surface area contributed by atoms with Gasteiger partial charge in [-0.1, -0.05) is 24.3 Å². The molecule has 0 heterocycles. The Morgan fingerprint density at radius 1 is 1.05 bits per heavy atom. The Balaban J connectivity index is 1.99. The Morgan fingerprint density at radius 2 is 1.57 bits per heavy atom. The van der Waals surface area contributed by atoms with E-state index >= 15 is 0 Å². The summed E-state index contributed by atoms with van der Waals surface area (Å²) < 4.78 is 4.63. The first-order valence-corrected chi connectivity index (χ1v) is 6.60. The number of methoxy groups -OCH3 is 1. The first-order valence-electron chi connectivity index (χ1n) is 6.60. The van der Waals surface area contributed by atoms with Crippen LogP contribution in [0.1, 0.15) is 11.1 Å². The van der Waals surface area contributed by atoms with Gasteiger partial charge in [-0.05, 0) is 35.4 Å². The number of benzene rings is 2. The van der Waals surface area contributed by atoms with Crippen molar-refractivity contribution in [1.82, 2.24) is 0 Å². The normalized spacial score (nSPS) is 9.71. The number of anilines is 2. The molecular weight excluding hydrogens is 264 g/mol. The van der Waals surface area contributed by atoms with Crippen LogP contribution in [-0.2, 0) is 22.4 Å². The molecule has 0 aliphatic heterocycles. The average molecular weight is 280 g/mol. The van der Waals surface area contributed by atoms with Crippen molar-refractivity contribution in [3.63, 3.8) is 0 Å². The number of nitrogens with zero attached hydrogens (tertiary/aromatic N) is 1. The monoisotopic (exact) mass is 280 g/mol. The Labute approximate surface area is 124 Å². The van der Waals surface area contributed by atoms with E-state index in [1.54, 1.807) is 0 Å². The molecule has 106 valence electrons. The Morgan fingerprint density at radius 3 is 2.05 bits per heavy atom. The number of nitrogens with one attached hydrogen (secondary N) is 1. The molecule has 1 N–H and O–H groups in total. The predicted octanol–water partition coefficient (Wildman–Crippen LogP) is 3.21. The summed E-state index contributed by atoms with van der Waals surface area (Å²) in [5.74, 6) is -0.246. The predicted molar refractivity (Wildman–Crippen MR) is 81.2 cm³/mol. The molecule has 0 aliphatic carbocycles. The number of carbonyl (C=O) groups is 1. The molecule has 2 rings (SSSR count). The van der Waals surface area contributed by atoms with Gasteiger partial charge in [-0.25, -0.2) is 0 Å². The minimum Gasteiger partial charge on any atom is -0.469 e. The highest BCUT2D eigenvalue weighted by Crippen LogP contribution is 2.18. The first-order chi connectivity index (χ1) is 10.2. The maximum absolute atomic E-state index is 11.2. The maximum atomic E-state index is 11.2. The average Bonchev–Trinajstić information content (AvgIpc) is 2.51. The maximum Gasteiger partial charge on any atom is 0.309 e. The van der Waals surface area contributed by atoms with Crippen molar-refractivity contribution >= 4 is 17.3 Å². The first kappa shape index (κ1) is 14.6. The fourth-order valence-electron chi connectivity index (χ4n) is 1.91. The van der Waals surface area contributed by atoms with Crippen LogP contribution in [0.15, 0.2) is 48.5 Å². The number of rotatable bonds is 5. The van der Waals surface area contributed by atoms with Gasteiger partial charge in [0.05, 0.1) is 26.0 Å². The van der Waals surface area contributed by atoms with Crippen LogP contribution >= 0.6 is 0 Å². The van der Waals surface area contributed by atoms with E-state index in [1.807, 2.05) is 48.5 Å². The van der Waals surface area contributed by atoms with Crippen LogP contribution < -0.4 is 5.32 Å². The lowest BCUT2D eigenvalue weighted by Crippen LogP contribution is -2.04. The fraction of sp³-hybridized carbons (Fsp3) is 0.176. The molecule has 0 saturated carbocycles. The smallest absolute Gasteiger partial charge is 0.309 e. The van der Waals surface area contributed by atoms with Crippen LogP contribution in [0.25, 0.3) is 0 Å². The standard InChI is InChI=1S/C17H16N2O2/c1-21-17(20)12-14-4-8-16(9-5-14)19-15-6-2-13(3-7-15)10-11-18/h2-9,19H,10,12H2,1H3. The van der Waals surface area contributed by atoms with Crippen LogP contribution in [0.2, 0.25) is 0 Å². The minimum absolute atomic E-state index is 0.246. The molecule has 0 aliphatic rings. The van der Waals surface area contributed by atoms with E-state index in [4.69, 9.17) is 5.26 Å². The lowest BCUT2D eigenvalue weighted by atomic mass is 10.1. The molecule has 0 bridgehead atoms. The van der Waals surface area contributed by atoms with Gasteiger partial charge in [0.1, 0.15) is 0 Å². The Hall–Kier alpha value is -2.80. The van der Waals surface area contributed by atoms with E-state index in [0.29, 0.717) is 6.42 Å². The third kappa shape index (κ3) is 4.36.